The number of rotatable bonds is 5. The third kappa shape index (κ3) is 4.64. The van der Waals surface area contributed by atoms with E-state index in [0.717, 1.165) is 60.5 Å². The predicted octanol–water partition coefficient (Wildman–Crippen LogP) is 4.89. The first-order valence-corrected chi connectivity index (χ1v) is 11.6. The number of fused-ring (bicyclic) bond motifs is 1. The molecule has 0 radical (unpaired) electrons. The normalized spacial score (nSPS) is 14.1. The summed E-state index contributed by atoms with van der Waals surface area (Å²) in [4.78, 5) is 28.4. The van der Waals surface area contributed by atoms with Gasteiger partial charge in [0, 0.05) is 43.4 Å². The second-order valence-electron chi connectivity index (χ2n) is 8.03. The maximum absolute atomic E-state index is 12.8. The molecule has 0 saturated carbocycles. The van der Waals surface area contributed by atoms with E-state index in [2.05, 4.69) is 28.2 Å². The Kier molecular flexibility index (Phi) is 5.71. The molecule has 0 aliphatic carbocycles. The lowest BCUT2D eigenvalue weighted by Gasteiger charge is -2.26. The Morgan fingerprint density at radius 2 is 1.81 bits per heavy atom. The van der Waals surface area contributed by atoms with Crippen molar-refractivity contribution in [1.29, 1.82) is 0 Å². The highest BCUT2D eigenvalue weighted by molar-refractivity contribution is 7.16. The lowest BCUT2D eigenvalue weighted by Crippen LogP contribution is -2.35. The zero-order chi connectivity index (χ0) is 21.0. The van der Waals surface area contributed by atoms with Crippen LogP contribution in [-0.2, 0) is 12.8 Å². The average Bonchev–Trinajstić information content (AvgIpc) is 3.28. The van der Waals surface area contributed by atoms with Gasteiger partial charge in [-0.25, -0.2) is 15.0 Å². The average molecular weight is 429 g/mol. The number of thiazole rings is 1. The van der Waals surface area contributed by atoms with E-state index in [1.807, 2.05) is 46.9 Å². The largest absolute Gasteiger partial charge is 0.339 e. The Morgan fingerprint density at radius 3 is 2.71 bits per heavy atom. The number of amides is 1. The van der Waals surface area contributed by atoms with Crippen molar-refractivity contribution < 1.29 is 4.79 Å². The van der Waals surface area contributed by atoms with Gasteiger partial charge in [-0.05, 0) is 60.7 Å². The molecule has 6 heteroatoms. The first kappa shape index (κ1) is 19.8. The van der Waals surface area contributed by atoms with Crippen LogP contribution < -0.4 is 0 Å². The molecule has 1 saturated heterocycles. The van der Waals surface area contributed by atoms with Crippen LogP contribution in [0.4, 0.5) is 0 Å². The quantitative estimate of drug-likeness (QED) is 0.454. The van der Waals surface area contributed by atoms with Gasteiger partial charge in [-0.3, -0.25) is 4.79 Å². The number of nitrogens with zero attached hydrogens (tertiary/aromatic N) is 4. The van der Waals surface area contributed by atoms with Gasteiger partial charge >= 0.3 is 0 Å². The molecule has 5 nitrogen and oxygen atoms in total. The maximum atomic E-state index is 12.8. The van der Waals surface area contributed by atoms with Gasteiger partial charge in [-0.15, -0.1) is 11.3 Å². The lowest BCUT2D eigenvalue weighted by atomic mass is 10.0. The van der Waals surface area contributed by atoms with E-state index in [1.165, 1.54) is 16.7 Å². The molecule has 1 fully saturated rings. The van der Waals surface area contributed by atoms with Crippen molar-refractivity contribution in [2.75, 3.05) is 13.1 Å². The zero-order valence-electron chi connectivity index (χ0n) is 17.3. The van der Waals surface area contributed by atoms with E-state index >= 15 is 0 Å². The summed E-state index contributed by atoms with van der Waals surface area (Å²) in [5.74, 6) is 0.911. The van der Waals surface area contributed by atoms with Crippen molar-refractivity contribution in [3.05, 3.63) is 88.4 Å². The van der Waals surface area contributed by atoms with Crippen molar-refractivity contribution in [3.63, 3.8) is 0 Å². The topological polar surface area (TPSA) is 59.0 Å². The molecular formula is C25H24N4OS. The SMILES string of the molecule is O=C(c1cccc(Cc2nccc(Cc3ccc4ncsc4c3)n2)c1)N1CCCCC1. The standard InChI is InChI=1S/C25H24N4OS/c30-25(29-11-2-1-3-12-29)20-6-4-5-18(13-20)16-24-26-10-9-21(28-24)14-19-7-8-22-23(15-19)31-17-27-22/h4-10,13,15,17H,1-3,11-12,14,16H2. The van der Waals surface area contributed by atoms with Crippen LogP contribution in [0.1, 0.15) is 52.3 Å². The van der Waals surface area contributed by atoms with E-state index < -0.39 is 0 Å². The highest BCUT2D eigenvalue weighted by Gasteiger charge is 2.18. The van der Waals surface area contributed by atoms with E-state index in [-0.39, 0.29) is 5.91 Å². The summed E-state index contributed by atoms with van der Waals surface area (Å²) in [6.45, 7) is 1.73. The molecule has 1 aliphatic rings. The van der Waals surface area contributed by atoms with Crippen molar-refractivity contribution in [2.24, 2.45) is 0 Å². The molecule has 31 heavy (non-hydrogen) atoms. The minimum absolute atomic E-state index is 0.134. The fraction of sp³-hybridized carbons (Fsp3) is 0.280. The number of piperidine rings is 1. The zero-order valence-corrected chi connectivity index (χ0v) is 18.1. The Hall–Kier alpha value is -3.12. The van der Waals surface area contributed by atoms with Crippen LogP contribution >= 0.6 is 11.3 Å². The third-order valence-electron chi connectivity index (χ3n) is 5.72. The van der Waals surface area contributed by atoms with Crippen molar-refractivity contribution >= 4 is 27.5 Å². The summed E-state index contributed by atoms with van der Waals surface area (Å²) < 4.78 is 1.20. The van der Waals surface area contributed by atoms with E-state index in [1.54, 1.807) is 11.3 Å². The van der Waals surface area contributed by atoms with E-state index in [9.17, 15) is 4.79 Å². The molecule has 2 aromatic heterocycles. The molecule has 4 aromatic rings. The summed E-state index contributed by atoms with van der Waals surface area (Å²) >= 11 is 1.66. The molecule has 0 atom stereocenters. The second-order valence-corrected chi connectivity index (χ2v) is 8.91. The molecule has 0 spiro atoms. The summed E-state index contributed by atoms with van der Waals surface area (Å²) in [5, 5.41) is 0. The number of benzene rings is 2. The number of carbonyl (C=O) groups excluding carboxylic acids is 1. The molecule has 1 aliphatic heterocycles. The number of aromatic nitrogens is 3. The summed E-state index contributed by atoms with van der Waals surface area (Å²) in [6.07, 6.45) is 6.62. The third-order valence-corrected chi connectivity index (χ3v) is 6.52. The molecule has 1 amide bonds. The molecule has 5 rings (SSSR count). The van der Waals surface area contributed by atoms with Gasteiger partial charge in [-0.1, -0.05) is 18.2 Å². The van der Waals surface area contributed by atoms with Gasteiger partial charge in [0.15, 0.2) is 0 Å². The molecule has 0 N–H and O–H groups in total. The summed E-state index contributed by atoms with van der Waals surface area (Å²) in [7, 11) is 0. The number of hydrogen-bond donors (Lipinski definition) is 0. The fourth-order valence-corrected chi connectivity index (χ4v) is 4.86. The minimum atomic E-state index is 0.134. The lowest BCUT2D eigenvalue weighted by molar-refractivity contribution is 0.0724. The summed E-state index contributed by atoms with van der Waals surface area (Å²) in [6, 6.07) is 16.2. The van der Waals surface area contributed by atoms with Crippen molar-refractivity contribution in [1.82, 2.24) is 19.9 Å². The van der Waals surface area contributed by atoms with Crippen LogP contribution in [0, 0.1) is 0 Å². The van der Waals surface area contributed by atoms with E-state index in [4.69, 9.17) is 4.98 Å². The number of carbonyl (C=O) groups is 1. The Labute approximate surface area is 185 Å². The first-order chi connectivity index (χ1) is 15.2. The second kappa shape index (κ2) is 8.94. The van der Waals surface area contributed by atoms with Crippen LogP contribution in [0.2, 0.25) is 0 Å². The van der Waals surface area contributed by atoms with Gasteiger partial charge in [0.05, 0.1) is 15.7 Å². The minimum Gasteiger partial charge on any atom is -0.339 e. The summed E-state index contributed by atoms with van der Waals surface area (Å²) in [5.41, 5.74) is 6.95. The molecule has 3 heterocycles. The van der Waals surface area contributed by atoms with Gasteiger partial charge in [0.2, 0.25) is 0 Å². The highest BCUT2D eigenvalue weighted by Crippen LogP contribution is 2.21. The molecular weight excluding hydrogens is 404 g/mol. The van der Waals surface area contributed by atoms with Crippen molar-refractivity contribution in [2.45, 2.75) is 32.1 Å². The van der Waals surface area contributed by atoms with Crippen LogP contribution in [0.3, 0.4) is 0 Å². The molecule has 0 bridgehead atoms. The van der Waals surface area contributed by atoms with Gasteiger partial charge < -0.3 is 4.90 Å². The molecule has 2 aromatic carbocycles. The van der Waals surface area contributed by atoms with Gasteiger partial charge in [0.1, 0.15) is 5.82 Å². The maximum Gasteiger partial charge on any atom is 0.253 e. The molecule has 156 valence electrons. The van der Waals surface area contributed by atoms with Crippen LogP contribution in [-0.4, -0.2) is 38.8 Å². The fourth-order valence-electron chi connectivity index (χ4n) is 4.12. The monoisotopic (exact) mass is 428 g/mol. The van der Waals surface area contributed by atoms with Gasteiger partial charge in [-0.2, -0.15) is 0 Å². The molecule has 0 unspecified atom stereocenters. The number of likely N-dealkylation sites (tertiary alicyclic amines) is 1. The first-order valence-electron chi connectivity index (χ1n) is 10.8. The van der Waals surface area contributed by atoms with Crippen LogP contribution in [0.15, 0.2) is 60.2 Å². The Balaban J connectivity index is 1.30. The van der Waals surface area contributed by atoms with Crippen LogP contribution in [0.25, 0.3) is 10.2 Å². The predicted molar refractivity (Wildman–Crippen MR) is 123 cm³/mol. The van der Waals surface area contributed by atoms with Gasteiger partial charge in [0.25, 0.3) is 5.91 Å². The van der Waals surface area contributed by atoms with E-state index in [0.29, 0.717) is 6.42 Å². The highest BCUT2D eigenvalue weighted by atomic mass is 32.1. The van der Waals surface area contributed by atoms with Crippen LogP contribution in [0.5, 0.6) is 0 Å². The Morgan fingerprint density at radius 1 is 0.935 bits per heavy atom. The smallest absolute Gasteiger partial charge is 0.253 e. The Bertz CT molecular complexity index is 1210. The van der Waals surface area contributed by atoms with Crippen molar-refractivity contribution in [3.8, 4) is 0 Å². The number of hydrogen-bond acceptors (Lipinski definition) is 5.